The fourth-order valence-electron chi connectivity index (χ4n) is 3.64. The smallest absolute Gasteiger partial charge is 0.213 e. The Balaban J connectivity index is 1.69. The predicted octanol–water partition coefficient (Wildman–Crippen LogP) is 3.00. The number of rotatable bonds is 2. The van der Waals surface area contributed by atoms with Gasteiger partial charge in [0.25, 0.3) is 0 Å². The summed E-state index contributed by atoms with van der Waals surface area (Å²) < 4.78 is 13.4. The van der Waals surface area contributed by atoms with E-state index in [9.17, 15) is 4.39 Å². The molecule has 2 fully saturated rings. The van der Waals surface area contributed by atoms with Crippen LogP contribution in [0.4, 0.5) is 10.1 Å². The number of fused-ring (bicyclic) bond motifs is 1. The Morgan fingerprint density at radius 3 is 2.81 bits per heavy atom. The molecule has 0 bridgehead atoms. The molecule has 110 valence electrons. The van der Waals surface area contributed by atoms with Gasteiger partial charge in [0.05, 0.1) is 5.52 Å². The summed E-state index contributed by atoms with van der Waals surface area (Å²) in [6.07, 6.45) is 3.48. The molecule has 3 nitrogen and oxygen atoms in total. The number of nitrogens with zero attached hydrogens (tertiary/aromatic N) is 2. The van der Waals surface area contributed by atoms with E-state index >= 15 is 0 Å². The highest BCUT2D eigenvalue weighted by Crippen LogP contribution is 2.45. The van der Waals surface area contributed by atoms with Crippen LogP contribution in [-0.4, -0.2) is 23.6 Å². The van der Waals surface area contributed by atoms with Crippen molar-refractivity contribution in [3.8, 4) is 0 Å². The first-order chi connectivity index (χ1) is 10.1. The van der Waals surface area contributed by atoms with Gasteiger partial charge in [-0.2, -0.15) is 4.39 Å². The molecule has 1 saturated heterocycles. The van der Waals surface area contributed by atoms with Crippen LogP contribution in [0.1, 0.15) is 24.8 Å². The number of benzene rings is 1. The molecular formula is C17H20FN3. The lowest BCUT2D eigenvalue weighted by atomic mass is 9.97. The zero-order chi connectivity index (χ0) is 14.6. The molecule has 1 saturated carbocycles. The van der Waals surface area contributed by atoms with E-state index in [1.807, 2.05) is 13.0 Å². The quantitative estimate of drug-likeness (QED) is 0.863. The third kappa shape index (κ3) is 2.09. The number of anilines is 1. The lowest BCUT2D eigenvalue weighted by Gasteiger charge is -2.23. The Hall–Kier alpha value is -1.68. The number of hydrogen-bond acceptors (Lipinski definition) is 3. The van der Waals surface area contributed by atoms with E-state index in [1.54, 1.807) is 6.07 Å². The Kier molecular flexibility index (Phi) is 2.73. The minimum atomic E-state index is -0.416. The Morgan fingerprint density at radius 2 is 2.05 bits per heavy atom. The highest BCUT2D eigenvalue weighted by molar-refractivity contribution is 5.86. The molecule has 1 aromatic heterocycles. The van der Waals surface area contributed by atoms with Crippen molar-refractivity contribution in [3.63, 3.8) is 0 Å². The SMILES string of the molecule is Cc1c(N2CCC(C3(N)CC3)C2)ccc2ccc(F)nc12. The lowest BCUT2D eigenvalue weighted by molar-refractivity contribution is 0.442. The normalized spacial score (nSPS) is 23.8. The van der Waals surface area contributed by atoms with Gasteiger partial charge in [0.2, 0.25) is 5.95 Å². The number of aromatic nitrogens is 1. The number of pyridine rings is 1. The maximum atomic E-state index is 13.4. The van der Waals surface area contributed by atoms with Crippen LogP contribution < -0.4 is 10.6 Å². The zero-order valence-electron chi connectivity index (χ0n) is 12.3. The van der Waals surface area contributed by atoms with Crippen molar-refractivity contribution in [2.75, 3.05) is 18.0 Å². The molecule has 0 spiro atoms. The van der Waals surface area contributed by atoms with Gasteiger partial charge in [-0.25, -0.2) is 4.98 Å². The van der Waals surface area contributed by atoms with E-state index < -0.39 is 5.95 Å². The van der Waals surface area contributed by atoms with E-state index in [-0.39, 0.29) is 5.54 Å². The first-order valence-electron chi connectivity index (χ1n) is 7.66. The molecule has 1 atom stereocenters. The second-order valence-corrected chi connectivity index (χ2v) is 6.58. The van der Waals surface area contributed by atoms with Gasteiger partial charge in [0.1, 0.15) is 0 Å². The second-order valence-electron chi connectivity index (χ2n) is 6.58. The Morgan fingerprint density at radius 1 is 1.29 bits per heavy atom. The monoisotopic (exact) mass is 285 g/mol. The van der Waals surface area contributed by atoms with Crippen LogP contribution >= 0.6 is 0 Å². The molecule has 2 N–H and O–H groups in total. The number of halogens is 1. The number of nitrogens with two attached hydrogens (primary N) is 1. The fraction of sp³-hybridized carbons (Fsp3) is 0.471. The summed E-state index contributed by atoms with van der Waals surface area (Å²) in [6.45, 7) is 4.08. The van der Waals surface area contributed by atoms with Crippen LogP contribution in [-0.2, 0) is 0 Å². The van der Waals surface area contributed by atoms with Crippen LogP contribution in [0.3, 0.4) is 0 Å². The largest absolute Gasteiger partial charge is 0.371 e. The molecule has 2 aromatic rings. The van der Waals surface area contributed by atoms with Crippen LogP contribution in [0.2, 0.25) is 0 Å². The van der Waals surface area contributed by atoms with Gasteiger partial charge in [-0.1, -0.05) is 6.07 Å². The summed E-state index contributed by atoms with van der Waals surface area (Å²) >= 11 is 0. The minimum absolute atomic E-state index is 0.0872. The van der Waals surface area contributed by atoms with E-state index in [2.05, 4.69) is 16.0 Å². The van der Waals surface area contributed by atoms with Crippen molar-refractivity contribution in [3.05, 3.63) is 35.8 Å². The summed E-state index contributed by atoms with van der Waals surface area (Å²) in [6, 6.07) is 7.38. The van der Waals surface area contributed by atoms with Crippen LogP contribution in [0.15, 0.2) is 24.3 Å². The summed E-state index contributed by atoms with van der Waals surface area (Å²) in [5, 5.41) is 0.992. The summed E-state index contributed by atoms with van der Waals surface area (Å²) in [7, 11) is 0. The molecule has 21 heavy (non-hydrogen) atoms. The van der Waals surface area contributed by atoms with Crippen molar-refractivity contribution in [2.45, 2.75) is 31.7 Å². The highest BCUT2D eigenvalue weighted by atomic mass is 19.1. The third-order valence-electron chi connectivity index (χ3n) is 5.22. The molecule has 1 aliphatic heterocycles. The topological polar surface area (TPSA) is 42.1 Å². The fourth-order valence-corrected chi connectivity index (χ4v) is 3.64. The van der Waals surface area contributed by atoms with Crippen molar-refractivity contribution < 1.29 is 4.39 Å². The van der Waals surface area contributed by atoms with E-state index in [1.165, 1.54) is 11.8 Å². The average Bonchev–Trinajstić information content (AvgIpc) is 3.02. The molecule has 0 amide bonds. The number of aryl methyl sites for hydroxylation is 1. The zero-order valence-corrected chi connectivity index (χ0v) is 12.3. The van der Waals surface area contributed by atoms with Crippen LogP contribution in [0.25, 0.3) is 10.9 Å². The van der Waals surface area contributed by atoms with Gasteiger partial charge in [-0.3, -0.25) is 0 Å². The van der Waals surface area contributed by atoms with Crippen molar-refractivity contribution in [2.24, 2.45) is 11.7 Å². The van der Waals surface area contributed by atoms with Crippen LogP contribution in [0, 0.1) is 18.8 Å². The molecule has 2 aliphatic rings. The average molecular weight is 285 g/mol. The molecule has 1 aromatic carbocycles. The molecule has 2 heterocycles. The number of hydrogen-bond donors (Lipinski definition) is 1. The Labute approximate surface area is 124 Å². The standard InChI is InChI=1S/C17H20FN3/c1-11-14(4-2-12-3-5-15(18)20-16(11)12)21-9-6-13(10-21)17(19)7-8-17/h2-5,13H,6-10,19H2,1H3. The second kappa shape index (κ2) is 4.41. The van der Waals surface area contributed by atoms with Gasteiger partial charge in [-0.15, -0.1) is 0 Å². The summed E-state index contributed by atoms with van der Waals surface area (Å²) in [5.41, 5.74) is 9.45. The van der Waals surface area contributed by atoms with Crippen molar-refractivity contribution >= 4 is 16.6 Å². The van der Waals surface area contributed by atoms with Crippen molar-refractivity contribution in [1.82, 2.24) is 4.98 Å². The lowest BCUT2D eigenvalue weighted by Crippen LogP contribution is -2.34. The van der Waals surface area contributed by atoms with Gasteiger partial charge in [0, 0.05) is 29.7 Å². The molecule has 0 radical (unpaired) electrons. The molecular weight excluding hydrogens is 265 g/mol. The van der Waals surface area contributed by atoms with E-state index in [0.29, 0.717) is 5.92 Å². The first kappa shape index (κ1) is 13.0. The van der Waals surface area contributed by atoms with Gasteiger partial charge >= 0.3 is 0 Å². The molecule has 4 heteroatoms. The maximum absolute atomic E-state index is 13.4. The third-order valence-corrected chi connectivity index (χ3v) is 5.22. The van der Waals surface area contributed by atoms with Gasteiger partial charge in [0.15, 0.2) is 0 Å². The summed E-state index contributed by atoms with van der Waals surface area (Å²) in [4.78, 5) is 6.46. The predicted molar refractivity (Wildman–Crippen MR) is 82.9 cm³/mol. The highest BCUT2D eigenvalue weighted by Gasteiger charge is 2.48. The Bertz CT molecular complexity index is 708. The van der Waals surface area contributed by atoms with Crippen LogP contribution in [0.5, 0.6) is 0 Å². The molecule has 1 unspecified atom stereocenters. The first-order valence-corrected chi connectivity index (χ1v) is 7.66. The van der Waals surface area contributed by atoms with Gasteiger partial charge in [-0.05, 0) is 55.9 Å². The van der Waals surface area contributed by atoms with E-state index in [0.717, 1.165) is 48.8 Å². The van der Waals surface area contributed by atoms with E-state index in [4.69, 9.17) is 5.73 Å². The minimum Gasteiger partial charge on any atom is -0.371 e. The van der Waals surface area contributed by atoms with Crippen molar-refractivity contribution in [1.29, 1.82) is 0 Å². The molecule has 1 aliphatic carbocycles. The molecule has 4 rings (SSSR count). The van der Waals surface area contributed by atoms with Gasteiger partial charge < -0.3 is 10.6 Å². The summed E-state index contributed by atoms with van der Waals surface area (Å²) in [5.74, 6) is 0.175. The maximum Gasteiger partial charge on any atom is 0.213 e.